The predicted octanol–water partition coefficient (Wildman–Crippen LogP) is 12.1. The van der Waals surface area contributed by atoms with Gasteiger partial charge in [-0.2, -0.15) is 0 Å². The molecular weight excluding hydrogens is 588 g/mol. The number of allylic oxidation sites excluding steroid dienone is 1. The third-order valence-electron chi connectivity index (χ3n) is 9.22. The van der Waals surface area contributed by atoms with Crippen molar-refractivity contribution in [1.29, 1.82) is 0 Å². The van der Waals surface area contributed by atoms with Crippen molar-refractivity contribution in [1.82, 2.24) is 0 Å². The molecule has 0 aliphatic heterocycles. The molecule has 0 spiro atoms. The van der Waals surface area contributed by atoms with Gasteiger partial charge in [-0.3, -0.25) is 0 Å². The fourth-order valence-corrected chi connectivity index (χ4v) is 6.39. The van der Waals surface area contributed by atoms with Gasteiger partial charge < -0.3 is 9.47 Å². The van der Waals surface area contributed by atoms with Crippen LogP contribution in [-0.2, 0) is 15.1 Å². The fraction of sp³-hybridized carbons (Fsp3) is 0.400. The number of unbranched alkanes of at least 4 members (excludes halogenated alkanes) is 11. The van der Waals surface area contributed by atoms with E-state index in [-0.39, 0.29) is 11.9 Å². The van der Waals surface area contributed by atoms with E-state index < -0.39 is 11.7 Å². The SMILES string of the molecule is CCCCCCCCCCCCC/C=C/[C@@H](OC(=O)c1ccccc1)[C@@H](C)COC(c1ccccc1)(c1ccccc1)c1ccccc1. The van der Waals surface area contributed by atoms with Crippen molar-refractivity contribution in [2.45, 2.75) is 103 Å². The first-order chi connectivity index (χ1) is 23.6. The molecule has 3 nitrogen and oxygen atoms in total. The molecule has 48 heavy (non-hydrogen) atoms. The zero-order valence-electron chi connectivity index (χ0n) is 29.3. The predicted molar refractivity (Wildman–Crippen MR) is 200 cm³/mol. The van der Waals surface area contributed by atoms with Crippen molar-refractivity contribution >= 4 is 5.97 Å². The van der Waals surface area contributed by atoms with Gasteiger partial charge in [0.25, 0.3) is 0 Å². The van der Waals surface area contributed by atoms with Crippen molar-refractivity contribution in [3.05, 3.63) is 156 Å². The third kappa shape index (κ3) is 11.3. The molecule has 0 N–H and O–H groups in total. The molecule has 0 fully saturated rings. The van der Waals surface area contributed by atoms with E-state index in [4.69, 9.17) is 9.47 Å². The van der Waals surface area contributed by atoms with Crippen LogP contribution in [0.1, 0.15) is 118 Å². The van der Waals surface area contributed by atoms with Gasteiger partial charge in [0.2, 0.25) is 0 Å². The molecule has 0 heterocycles. The lowest BCUT2D eigenvalue weighted by atomic mass is 9.80. The Balaban J connectivity index is 1.44. The zero-order valence-corrected chi connectivity index (χ0v) is 29.3. The summed E-state index contributed by atoms with van der Waals surface area (Å²) in [4.78, 5) is 13.3. The smallest absolute Gasteiger partial charge is 0.338 e. The standard InChI is InChI=1S/C45H56O3/c1-3-4-5-6-7-8-9-10-11-12-13-14-27-36-43(48-44(46)39-28-19-15-20-29-39)38(2)37-47-45(40-30-21-16-22-31-40,41-32-23-17-24-33-41)42-34-25-18-26-35-42/h15-36,38,43H,3-14,37H2,1-2H3/b36-27+/t38-,43+/m0/s1. The Labute approximate surface area is 290 Å². The summed E-state index contributed by atoms with van der Waals surface area (Å²) in [5.74, 6) is -0.408. The first-order valence-corrected chi connectivity index (χ1v) is 18.4. The van der Waals surface area contributed by atoms with Gasteiger partial charge in [-0.15, -0.1) is 0 Å². The number of carbonyl (C=O) groups is 1. The maximum Gasteiger partial charge on any atom is 0.338 e. The number of rotatable bonds is 22. The topological polar surface area (TPSA) is 35.5 Å². The van der Waals surface area contributed by atoms with Gasteiger partial charge >= 0.3 is 5.97 Å². The summed E-state index contributed by atoms with van der Waals surface area (Å²) in [5, 5.41) is 0. The van der Waals surface area contributed by atoms with E-state index in [1.165, 1.54) is 64.2 Å². The second kappa shape index (κ2) is 21.1. The Morgan fingerprint density at radius 2 is 1.02 bits per heavy atom. The Morgan fingerprint density at radius 3 is 1.48 bits per heavy atom. The molecule has 0 aliphatic carbocycles. The van der Waals surface area contributed by atoms with Gasteiger partial charge in [0.15, 0.2) is 0 Å². The lowest BCUT2D eigenvalue weighted by Crippen LogP contribution is -2.36. The molecule has 3 heteroatoms. The minimum absolute atomic E-state index is 0.0956. The first-order valence-electron chi connectivity index (χ1n) is 18.4. The van der Waals surface area contributed by atoms with E-state index in [1.54, 1.807) is 12.1 Å². The maximum atomic E-state index is 13.3. The molecule has 4 aromatic rings. The molecule has 0 saturated heterocycles. The van der Waals surface area contributed by atoms with Gasteiger partial charge in [-0.25, -0.2) is 4.79 Å². The van der Waals surface area contributed by atoms with Gasteiger partial charge in [-0.1, -0.05) is 193 Å². The molecule has 0 bridgehead atoms. The molecule has 0 unspecified atom stereocenters. The zero-order chi connectivity index (χ0) is 33.7. The molecule has 0 radical (unpaired) electrons. The molecule has 4 rings (SSSR count). The Morgan fingerprint density at radius 1 is 0.604 bits per heavy atom. The third-order valence-corrected chi connectivity index (χ3v) is 9.22. The number of hydrogen-bond donors (Lipinski definition) is 0. The molecule has 4 aromatic carbocycles. The first kappa shape index (κ1) is 36.9. The van der Waals surface area contributed by atoms with Crippen LogP contribution in [0, 0.1) is 5.92 Å². The number of ether oxygens (including phenoxy) is 2. The van der Waals surface area contributed by atoms with Crippen LogP contribution >= 0.6 is 0 Å². The highest BCUT2D eigenvalue weighted by Gasteiger charge is 2.38. The Kier molecular flexibility index (Phi) is 16.2. The van der Waals surface area contributed by atoms with Gasteiger partial charge in [0.05, 0.1) is 12.2 Å². The van der Waals surface area contributed by atoms with E-state index in [0.717, 1.165) is 29.5 Å². The minimum atomic E-state index is -0.828. The lowest BCUT2D eigenvalue weighted by Gasteiger charge is -2.37. The second-order valence-electron chi connectivity index (χ2n) is 13.1. The fourth-order valence-electron chi connectivity index (χ4n) is 6.39. The summed E-state index contributed by atoms with van der Waals surface area (Å²) >= 11 is 0. The molecule has 0 aliphatic rings. The molecular formula is C45H56O3. The Bertz CT molecular complexity index is 1340. The summed E-state index contributed by atoms with van der Waals surface area (Å²) in [5.41, 5.74) is 2.89. The minimum Gasteiger partial charge on any atom is -0.454 e. The van der Waals surface area contributed by atoms with Crippen LogP contribution in [0.25, 0.3) is 0 Å². The van der Waals surface area contributed by atoms with Crippen LogP contribution in [0.4, 0.5) is 0 Å². The van der Waals surface area contributed by atoms with E-state index in [9.17, 15) is 4.79 Å². The normalized spacial score (nSPS) is 13.0. The van der Waals surface area contributed by atoms with Crippen molar-refractivity contribution < 1.29 is 14.3 Å². The summed E-state index contributed by atoms with van der Waals surface area (Å²) in [7, 11) is 0. The average molecular weight is 645 g/mol. The van der Waals surface area contributed by atoms with Crippen LogP contribution in [0.15, 0.2) is 133 Å². The maximum absolute atomic E-state index is 13.3. The largest absolute Gasteiger partial charge is 0.454 e. The van der Waals surface area contributed by atoms with Crippen LogP contribution in [0.5, 0.6) is 0 Å². The molecule has 0 amide bonds. The molecule has 2 atom stereocenters. The monoisotopic (exact) mass is 644 g/mol. The van der Waals surface area contributed by atoms with E-state index in [2.05, 4.69) is 98.8 Å². The van der Waals surface area contributed by atoms with E-state index in [1.807, 2.05) is 36.4 Å². The van der Waals surface area contributed by atoms with Crippen molar-refractivity contribution in [3.63, 3.8) is 0 Å². The van der Waals surface area contributed by atoms with Gasteiger partial charge in [0.1, 0.15) is 11.7 Å². The molecule has 0 saturated carbocycles. The molecule has 0 aromatic heterocycles. The van der Waals surface area contributed by atoms with Crippen LogP contribution in [0.3, 0.4) is 0 Å². The number of carbonyl (C=O) groups excluding carboxylic acids is 1. The number of hydrogen-bond acceptors (Lipinski definition) is 3. The lowest BCUT2D eigenvalue weighted by molar-refractivity contribution is -0.0324. The van der Waals surface area contributed by atoms with Crippen molar-refractivity contribution in [2.75, 3.05) is 6.61 Å². The highest BCUT2D eigenvalue weighted by atomic mass is 16.5. The van der Waals surface area contributed by atoms with Crippen molar-refractivity contribution in [2.24, 2.45) is 5.92 Å². The quantitative estimate of drug-likeness (QED) is 0.0370. The van der Waals surface area contributed by atoms with E-state index in [0.29, 0.717) is 12.2 Å². The number of benzene rings is 4. The van der Waals surface area contributed by atoms with Crippen LogP contribution in [0.2, 0.25) is 0 Å². The summed E-state index contributed by atoms with van der Waals surface area (Å²) in [6.07, 6.45) is 19.4. The molecule has 254 valence electrons. The number of esters is 1. The summed E-state index contributed by atoms with van der Waals surface area (Å²) in [6, 6.07) is 40.5. The highest BCUT2D eigenvalue weighted by molar-refractivity contribution is 5.89. The van der Waals surface area contributed by atoms with E-state index >= 15 is 0 Å². The van der Waals surface area contributed by atoms with Crippen LogP contribution < -0.4 is 0 Å². The van der Waals surface area contributed by atoms with Crippen LogP contribution in [-0.4, -0.2) is 18.7 Å². The summed E-state index contributed by atoms with van der Waals surface area (Å²) < 4.78 is 13.3. The average Bonchev–Trinajstić information content (AvgIpc) is 3.15. The van der Waals surface area contributed by atoms with Gasteiger partial charge in [-0.05, 0) is 47.7 Å². The van der Waals surface area contributed by atoms with Crippen molar-refractivity contribution in [3.8, 4) is 0 Å². The summed E-state index contributed by atoms with van der Waals surface area (Å²) in [6.45, 7) is 4.77. The highest BCUT2D eigenvalue weighted by Crippen LogP contribution is 2.41. The van der Waals surface area contributed by atoms with Gasteiger partial charge in [0, 0.05) is 5.92 Å². The second-order valence-corrected chi connectivity index (χ2v) is 13.1. The Hall–Kier alpha value is -3.95.